The number of benzene rings is 3. The van der Waals surface area contributed by atoms with E-state index >= 15 is 0 Å². The van der Waals surface area contributed by atoms with E-state index in [9.17, 15) is 4.79 Å². The SMILES string of the molecule is Cc1ccc(C(NC(=O)C2CCN(CCCc3ccccc3)CC2)c2ccccc2)cc1. The van der Waals surface area contributed by atoms with Crippen LogP contribution in [0.5, 0.6) is 0 Å². The zero-order valence-electron chi connectivity index (χ0n) is 19.0. The van der Waals surface area contributed by atoms with E-state index in [-0.39, 0.29) is 17.9 Å². The van der Waals surface area contributed by atoms with Crippen molar-refractivity contribution < 1.29 is 4.79 Å². The molecule has 3 heteroatoms. The maximum Gasteiger partial charge on any atom is 0.223 e. The van der Waals surface area contributed by atoms with E-state index in [0.717, 1.165) is 50.0 Å². The van der Waals surface area contributed by atoms with E-state index in [1.54, 1.807) is 0 Å². The molecule has 3 aromatic rings. The monoisotopic (exact) mass is 426 g/mol. The summed E-state index contributed by atoms with van der Waals surface area (Å²) in [6.45, 7) is 5.22. The van der Waals surface area contributed by atoms with Crippen LogP contribution in [0, 0.1) is 12.8 Å². The Kier molecular flexibility index (Phi) is 7.73. The number of piperidine rings is 1. The Hall–Kier alpha value is -2.91. The van der Waals surface area contributed by atoms with Crippen LogP contribution in [0.2, 0.25) is 0 Å². The topological polar surface area (TPSA) is 32.3 Å². The minimum absolute atomic E-state index is 0.0945. The summed E-state index contributed by atoms with van der Waals surface area (Å²) in [5.74, 6) is 0.278. The van der Waals surface area contributed by atoms with Crippen molar-refractivity contribution in [1.82, 2.24) is 10.2 Å². The lowest BCUT2D eigenvalue weighted by Crippen LogP contribution is -2.42. The van der Waals surface area contributed by atoms with Crippen LogP contribution < -0.4 is 5.32 Å². The number of likely N-dealkylation sites (tertiary alicyclic amines) is 1. The minimum atomic E-state index is -0.104. The predicted octanol–water partition coefficient (Wildman–Crippen LogP) is 5.55. The van der Waals surface area contributed by atoms with Gasteiger partial charge in [0.05, 0.1) is 6.04 Å². The van der Waals surface area contributed by atoms with Crippen molar-refractivity contribution in [2.45, 2.75) is 38.6 Å². The summed E-state index contributed by atoms with van der Waals surface area (Å²) in [5, 5.41) is 3.36. The molecule has 1 N–H and O–H groups in total. The van der Waals surface area contributed by atoms with Gasteiger partial charge in [-0.1, -0.05) is 90.5 Å². The van der Waals surface area contributed by atoms with E-state index < -0.39 is 0 Å². The first-order chi connectivity index (χ1) is 15.7. The number of carbonyl (C=O) groups is 1. The van der Waals surface area contributed by atoms with Crippen LogP contribution in [0.3, 0.4) is 0 Å². The first-order valence-corrected chi connectivity index (χ1v) is 11.9. The van der Waals surface area contributed by atoms with Gasteiger partial charge < -0.3 is 10.2 Å². The molecule has 0 spiro atoms. The smallest absolute Gasteiger partial charge is 0.223 e. The fourth-order valence-electron chi connectivity index (χ4n) is 4.59. The fraction of sp³-hybridized carbons (Fsp3) is 0.345. The Labute approximate surface area is 192 Å². The van der Waals surface area contributed by atoms with Gasteiger partial charge in [0.25, 0.3) is 0 Å². The van der Waals surface area contributed by atoms with Crippen molar-refractivity contribution >= 4 is 5.91 Å². The Bertz CT molecular complexity index is 961. The van der Waals surface area contributed by atoms with Crippen LogP contribution in [0.1, 0.15) is 47.6 Å². The number of amides is 1. The molecule has 1 amide bonds. The summed E-state index contributed by atoms with van der Waals surface area (Å²) in [4.78, 5) is 15.7. The van der Waals surface area contributed by atoms with Crippen LogP contribution >= 0.6 is 0 Å². The summed E-state index contributed by atoms with van der Waals surface area (Å²) in [6, 6.07) is 29.4. The number of hydrogen-bond acceptors (Lipinski definition) is 2. The van der Waals surface area contributed by atoms with E-state index in [4.69, 9.17) is 0 Å². The number of hydrogen-bond donors (Lipinski definition) is 1. The van der Waals surface area contributed by atoms with Crippen LogP contribution in [-0.2, 0) is 11.2 Å². The number of rotatable bonds is 8. The number of nitrogens with zero attached hydrogens (tertiary/aromatic N) is 1. The van der Waals surface area contributed by atoms with Gasteiger partial charge in [-0.25, -0.2) is 0 Å². The molecule has 4 rings (SSSR count). The Morgan fingerprint density at radius 2 is 1.47 bits per heavy atom. The second kappa shape index (κ2) is 11.1. The molecule has 1 fully saturated rings. The molecule has 32 heavy (non-hydrogen) atoms. The lowest BCUT2D eigenvalue weighted by atomic mass is 9.93. The van der Waals surface area contributed by atoms with Crippen molar-refractivity contribution in [3.05, 3.63) is 107 Å². The maximum atomic E-state index is 13.2. The van der Waals surface area contributed by atoms with Crippen molar-refractivity contribution in [3.63, 3.8) is 0 Å². The molecular formula is C29H34N2O. The van der Waals surface area contributed by atoms with Crippen LogP contribution in [0.4, 0.5) is 0 Å². The van der Waals surface area contributed by atoms with Crippen molar-refractivity contribution in [2.24, 2.45) is 5.92 Å². The average Bonchev–Trinajstić information content (AvgIpc) is 2.85. The molecule has 1 atom stereocenters. The molecule has 1 unspecified atom stereocenters. The van der Waals surface area contributed by atoms with Crippen molar-refractivity contribution in [1.29, 1.82) is 0 Å². The van der Waals surface area contributed by atoms with Gasteiger partial charge >= 0.3 is 0 Å². The summed E-state index contributed by atoms with van der Waals surface area (Å²) in [6.07, 6.45) is 4.17. The molecule has 0 aromatic heterocycles. The van der Waals surface area contributed by atoms with E-state index in [1.165, 1.54) is 17.5 Å². The third kappa shape index (κ3) is 6.08. The van der Waals surface area contributed by atoms with Gasteiger partial charge in [0.1, 0.15) is 0 Å². The highest BCUT2D eigenvalue weighted by atomic mass is 16.1. The van der Waals surface area contributed by atoms with E-state index in [1.807, 2.05) is 18.2 Å². The van der Waals surface area contributed by atoms with E-state index in [0.29, 0.717) is 0 Å². The standard InChI is InChI=1S/C29H34N2O/c1-23-14-16-26(17-15-23)28(25-12-6-3-7-13-25)30-29(32)27-18-21-31(22-19-27)20-8-11-24-9-4-2-5-10-24/h2-7,9-10,12-17,27-28H,8,11,18-22H2,1H3,(H,30,32). The second-order valence-electron chi connectivity index (χ2n) is 8.97. The van der Waals surface area contributed by atoms with Crippen LogP contribution in [0.25, 0.3) is 0 Å². The quantitative estimate of drug-likeness (QED) is 0.512. The molecular weight excluding hydrogens is 392 g/mol. The maximum absolute atomic E-state index is 13.2. The Morgan fingerprint density at radius 1 is 0.875 bits per heavy atom. The molecule has 1 saturated heterocycles. The van der Waals surface area contributed by atoms with Crippen LogP contribution in [-0.4, -0.2) is 30.4 Å². The van der Waals surface area contributed by atoms with Gasteiger partial charge in [-0.15, -0.1) is 0 Å². The predicted molar refractivity (Wildman–Crippen MR) is 132 cm³/mol. The number of carbonyl (C=O) groups excluding carboxylic acids is 1. The summed E-state index contributed by atoms with van der Waals surface area (Å²) >= 11 is 0. The number of aryl methyl sites for hydroxylation is 2. The highest BCUT2D eigenvalue weighted by molar-refractivity contribution is 5.79. The third-order valence-electron chi connectivity index (χ3n) is 6.57. The summed E-state index contributed by atoms with van der Waals surface area (Å²) < 4.78 is 0. The van der Waals surface area contributed by atoms with Crippen LogP contribution in [0.15, 0.2) is 84.9 Å². The first-order valence-electron chi connectivity index (χ1n) is 11.9. The number of nitrogens with one attached hydrogen (secondary N) is 1. The highest BCUT2D eigenvalue weighted by Gasteiger charge is 2.27. The van der Waals surface area contributed by atoms with E-state index in [2.05, 4.69) is 83.9 Å². The molecule has 1 heterocycles. The summed E-state index contributed by atoms with van der Waals surface area (Å²) in [7, 11) is 0. The zero-order valence-corrected chi connectivity index (χ0v) is 19.0. The van der Waals surface area contributed by atoms with Gasteiger partial charge in [-0.2, -0.15) is 0 Å². The normalized spacial score (nSPS) is 15.9. The van der Waals surface area contributed by atoms with Gasteiger partial charge in [0.2, 0.25) is 5.91 Å². The molecule has 0 bridgehead atoms. The molecule has 3 nitrogen and oxygen atoms in total. The molecule has 0 saturated carbocycles. The fourth-order valence-corrected chi connectivity index (χ4v) is 4.59. The van der Waals surface area contributed by atoms with Crippen molar-refractivity contribution in [3.8, 4) is 0 Å². The second-order valence-corrected chi connectivity index (χ2v) is 8.97. The molecule has 166 valence electrons. The Balaban J connectivity index is 1.31. The molecule has 3 aromatic carbocycles. The average molecular weight is 427 g/mol. The minimum Gasteiger partial charge on any atom is -0.345 e. The zero-order chi connectivity index (χ0) is 22.2. The van der Waals surface area contributed by atoms with Gasteiger partial charge in [0, 0.05) is 5.92 Å². The Morgan fingerprint density at radius 3 is 2.12 bits per heavy atom. The van der Waals surface area contributed by atoms with Crippen molar-refractivity contribution in [2.75, 3.05) is 19.6 Å². The molecule has 0 aliphatic carbocycles. The molecule has 1 aliphatic heterocycles. The summed E-state index contributed by atoms with van der Waals surface area (Å²) in [5.41, 5.74) is 4.90. The van der Waals surface area contributed by atoms with Gasteiger partial charge in [0.15, 0.2) is 0 Å². The lowest BCUT2D eigenvalue weighted by Gasteiger charge is -2.32. The van der Waals surface area contributed by atoms with Gasteiger partial charge in [-0.3, -0.25) is 4.79 Å². The third-order valence-corrected chi connectivity index (χ3v) is 6.57. The molecule has 1 aliphatic rings. The highest BCUT2D eigenvalue weighted by Crippen LogP contribution is 2.25. The largest absolute Gasteiger partial charge is 0.345 e. The first kappa shape index (κ1) is 22.3. The lowest BCUT2D eigenvalue weighted by molar-refractivity contribution is -0.127. The van der Waals surface area contributed by atoms with Gasteiger partial charge in [-0.05, 0) is 68.9 Å². The molecule has 0 radical (unpaired) electrons.